The number of carbonyl (C=O) groups excluding carboxylic acids is 3. The molecular formula is C29H32N4O8. The van der Waals surface area contributed by atoms with Gasteiger partial charge in [-0.05, 0) is 43.2 Å². The second-order valence-corrected chi connectivity index (χ2v) is 9.38. The van der Waals surface area contributed by atoms with Gasteiger partial charge in [-0.3, -0.25) is 14.6 Å². The van der Waals surface area contributed by atoms with Crippen LogP contribution in [0.3, 0.4) is 0 Å². The molecule has 3 aromatic rings. The highest BCUT2D eigenvalue weighted by molar-refractivity contribution is 6.04. The number of primary amides is 1. The first kappa shape index (κ1) is 29.1. The van der Waals surface area contributed by atoms with E-state index in [0.29, 0.717) is 22.2 Å². The topological polar surface area (TPSA) is 162 Å². The molecule has 0 radical (unpaired) electrons. The summed E-state index contributed by atoms with van der Waals surface area (Å²) in [4.78, 5) is 58.1. The molecule has 2 heterocycles. The van der Waals surface area contributed by atoms with E-state index < -0.39 is 30.5 Å². The average Bonchev–Trinajstić information content (AvgIpc) is 2.97. The smallest absolute Gasteiger partial charge is 0.409 e. The van der Waals surface area contributed by atoms with Gasteiger partial charge in [0.2, 0.25) is 5.91 Å². The third-order valence-corrected chi connectivity index (χ3v) is 6.77. The van der Waals surface area contributed by atoms with Gasteiger partial charge in [0.05, 0.1) is 30.8 Å². The van der Waals surface area contributed by atoms with Crippen LogP contribution >= 0.6 is 0 Å². The molecule has 1 saturated heterocycles. The number of nitrogens with two attached hydrogens (primary N) is 1. The van der Waals surface area contributed by atoms with Crippen molar-refractivity contribution in [2.24, 2.45) is 5.73 Å². The molecule has 41 heavy (non-hydrogen) atoms. The summed E-state index contributed by atoms with van der Waals surface area (Å²) in [5.41, 5.74) is 7.20. The number of nitrogens with zero attached hydrogens (tertiary/aromatic N) is 3. The zero-order valence-corrected chi connectivity index (χ0v) is 22.9. The summed E-state index contributed by atoms with van der Waals surface area (Å²) in [5, 5.41) is 9.56. The SMILES string of the molecule is CCOC(=O)N1CCN(C(=O)C(Cc2cccc(OCC(=O)O)c2)c2nc3ccccc3c(OC)c2C(N)=O)CC1. The fourth-order valence-corrected chi connectivity index (χ4v) is 4.89. The Hall–Kier alpha value is -4.87. The number of aromatic nitrogens is 1. The highest BCUT2D eigenvalue weighted by atomic mass is 16.6. The number of ether oxygens (including phenoxy) is 3. The molecule has 216 valence electrons. The fourth-order valence-electron chi connectivity index (χ4n) is 4.89. The van der Waals surface area contributed by atoms with E-state index in [4.69, 9.17) is 30.0 Å². The van der Waals surface area contributed by atoms with Crippen molar-refractivity contribution in [3.8, 4) is 11.5 Å². The van der Waals surface area contributed by atoms with Crippen molar-refractivity contribution in [1.82, 2.24) is 14.8 Å². The first-order chi connectivity index (χ1) is 19.7. The van der Waals surface area contributed by atoms with Crippen LogP contribution in [-0.2, 0) is 20.7 Å². The minimum atomic E-state index is -1.12. The normalized spacial score (nSPS) is 13.9. The van der Waals surface area contributed by atoms with E-state index in [1.165, 1.54) is 12.0 Å². The number of piperazine rings is 1. The number of benzene rings is 2. The number of rotatable bonds is 10. The van der Waals surface area contributed by atoms with Crippen molar-refractivity contribution >= 4 is 34.8 Å². The molecule has 0 saturated carbocycles. The van der Waals surface area contributed by atoms with Crippen LogP contribution in [-0.4, -0.2) is 90.3 Å². The molecule has 0 aliphatic carbocycles. The molecule has 12 nitrogen and oxygen atoms in total. The molecule has 3 N–H and O–H groups in total. The fraction of sp³-hybridized carbons (Fsp3) is 0.345. The van der Waals surface area contributed by atoms with Gasteiger partial charge in [-0.15, -0.1) is 0 Å². The van der Waals surface area contributed by atoms with Gasteiger partial charge >= 0.3 is 12.1 Å². The molecule has 12 heteroatoms. The third kappa shape index (κ3) is 6.65. The molecule has 1 fully saturated rings. The molecule has 0 spiro atoms. The van der Waals surface area contributed by atoms with Gasteiger partial charge in [-0.25, -0.2) is 9.59 Å². The first-order valence-electron chi connectivity index (χ1n) is 13.1. The van der Waals surface area contributed by atoms with Gasteiger partial charge in [0.25, 0.3) is 5.91 Å². The summed E-state index contributed by atoms with van der Waals surface area (Å²) in [6.45, 7) is 2.54. The molecule has 0 bridgehead atoms. The summed E-state index contributed by atoms with van der Waals surface area (Å²) >= 11 is 0. The molecule has 3 amide bonds. The minimum absolute atomic E-state index is 0.00740. The number of hydrogen-bond donors (Lipinski definition) is 2. The third-order valence-electron chi connectivity index (χ3n) is 6.77. The molecule has 1 aliphatic heterocycles. The van der Waals surface area contributed by atoms with Crippen molar-refractivity contribution in [2.75, 3.05) is 46.5 Å². The zero-order valence-electron chi connectivity index (χ0n) is 22.9. The highest BCUT2D eigenvalue weighted by Crippen LogP contribution is 2.36. The van der Waals surface area contributed by atoms with Gasteiger partial charge < -0.3 is 34.9 Å². The van der Waals surface area contributed by atoms with Crippen LogP contribution < -0.4 is 15.2 Å². The number of carbonyl (C=O) groups is 4. The summed E-state index contributed by atoms with van der Waals surface area (Å²) in [7, 11) is 1.42. The molecular weight excluding hydrogens is 532 g/mol. The quantitative estimate of drug-likeness (QED) is 0.377. The van der Waals surface area contributed by atoms with Crippen molar-refractivity contribution < 1.29 is 38.5 Å². The van der Waals surface area contributed by atoms with Crippen molar-refractivity contribution in [3.05, 3.63) is 65.4 Å². The largest absolute Gasteiger partial charge is 0.495 e. The Labute approximate surface area is 236 Å². The van der Waals surface area contributed by atoms with E-state index >= 15 is 0 Å². The lowest BCUT2D eigenvalue weighted by Gasteiger charge is -2.36. The van der Waals surface area contributed by atoms with E-state index in [1.54, 1.807) is 60.4 Å². The van der Waals surface area contributed by atoms with Gasteiger partial charge in [-0.2, -0.15) is 0 Å². The highest BCUT2D eigenvalue weighted by Gasteiger charge is 2.35. The van der Waals surface area contributed by atoms with Crippen LogP contribution in [0.15, 0.2) is 48.5 Å². The van der Waals surface area contributed by atoms with E-state index in [0.717, 1.165) is 0 Å². The van der Waals surface area contributed by atoms with Gasteiger partial charge in [0.15, 0.2) is 6.61 Å². The summed E-state index contributed by atoms with van der Waals surface area (Å²) in [6, 6.07) is 13.8. The van der Waals surface area contributed by atoms with Crippen molar-refractivity contribution in [1.29, 1.82) is 0 Å². The number of hydrogen-bond acceptors (Lipinski definition) is 8. The Morgan fingerprint density at radius 3 is 2.39 bits per heavy atom. The summed E-state index contributed by atoms with van der Waals surface area (Å²) < 4.78 is 16.0. The Morgan fingerprint density at radius 1 is 1.02 bits per heavy atom. The Morgan fingerprint density at radius 2 is 1.73 bits per heavy atom. The van der Waals surface area contributed by atoms with Crippen molar-refractivity contribution in [2.45, 2.75) is 19.3 Å². The Balaban J connectivity index is 1.76. The van der Waals surface area contributed by atoms with Crippen LogP contribution in [0.5, 0.6) is 11.5 Å². The monoisotopic (exact) mass is 564 g/mol. The molecule has 1 atom stereocenters. The van der Waals surface area contributed by atoms with Gasteiger partial charge in [0.1, 0.15) is 17.1 Å². The molecule has 1 aromatic heterocycles. The first-order valence-corrected chi connectivity index (χ1v) is 13.1. The van der Waals surface area contributed by atoms with E-state index in [2.05, 4.69) is 0 Å². The maximum atomic E-state index is 14.2. The average molecular weight is 565 g/mol. The minimum Gasteiger partial charge on any atom is -0.495 e. The number of carboxylic acids is 1. The van der Waals surface area contributed by atoms with Crippen molar-refractivity contribution in [3.63, 3.8) is 0 Å². The van der Waals surface area contributed by atoms with Crippen LogP contribution in [0, 0.1) is 0 Å². The van der Waals surface area contributed by atoms with Gasteiger partial charge in [-0.1, -0.05) is 24.3 Å². The summed E-state index contributed by atoms with van der Waals surface area (Å²) in [6.07, 6.45) is -0.332. The lowest BCUT2D eigenvalue weighted by molar-refractivity contribution is -0.139. The second kappa shape index (κ2) is 13.0. The number of amides is 3. The number of pyridine rings is 1. The second-order valence-electron chi connectivity index (χ2n) is 9.38. The predicted octanol–water partition coefficient (Wildman–Crippen LogP) is 2.43. The van der Waals surface area contributed by atoms with Crippen LogP contribution in [0.1, 0.15) is 34.5 Å². The molecule has 1 unspecified atom stereocenters. The Kier molecular flexibility index (Phi) is 9.23. The lowest BCUT2D eigenvalue weighted by atomic mass is 9.89. The molecule has 2 aromatic carbocycles. The number of carboxylic acid groups (broad SMARTS) is 1. The number of methoxy groups -OCH3 is 1. The number of fused-ring (bicyclic) bond motifs is 1. The number of para-hydroxylation sites is 1. The van der Waals surface area contributed by atoms with E-state index in [1.807, 2.05) is 0 Å². The maximum absolute atomic E-state index is 14.2. The van der Waals surface area contributed by atoms with Crippen LogP contribution in [0.4, 0.5) is 4.79 Å². The van der Waals surface area contributed by atoms with Gasteiger partial charge in [0, 0.05) is 31.6 Å². The zero-order chi connectivity index (χ0) is 29.5. The van der Waals surface area contributed by atoms with E-state index in [9.17, 15) is 19.2 Å². The van der Waals surface area contributed by atoms with Crippen LogP contribution in [0.2, 0.25) is 0 Å². The maximum Gasteiger partial charge on any atom is 0.409 e. The standard InChI is InChI=1S/C29H32N4O8/c1-3-40-29(38)33-13-11-32(12-14-33)28(37)21(16-18-7-6-8-19(15-18)41-17-23(34)35)25-24(27(30)36)26(39-2)20-9-4-5-10-22(20)31-25/h4-10,15,21H,3,11-14,16-17H2,1-2H3,(H2,30,36)(H,34,35). The van der Waals surface area contributed by atoms with Crippen LogP contribution in [0.25, 0.3) is 10.9 Å². The molecule has 4 rings (SSSR count). The summed E-state index contributed by atoms with van der Waals surface area (Å²) in [5.74, 6) is -2.64. The Bertz CT molecular complexity index is 1450. The predicted molar refractivity (Wildman–Crippen MR) is 148 cm³/mol. The molecule has 1 aliphatic rings. The number of aliphatic carboxylic acids is 1. The lowest BCUT2D eigenvalue weighted by Crippen LogP contribution is -2.52. The van der Waals surface area contributed by atoms with E-state index in [-0.39, 0.29) is 62.1 Å².